The Morgan fingerprint density at radius 1 is 0.724 bits per heavy atom. The zero-order chi connectivity index (χ0) is 20.5. The van der Waals surface area contributed by atoms with Crippen molar-refractivity contribution < 1.29 is 9.59 Å². The van der Waals surface area contributed by atoms with E-state index in [1.54, 1.807) is 6.07 Å². The van der Waals surface area contributed by atoms with E-state index < -0.39 is 0 Å². The predicted molar refractivity (Wildman–Crippen MR) is 117 cm³/mol. The molecule has 0 aliphatic carbocycles. The summed E-state index contributed by atoms with van der Waals surface area (Å²) in [6.45, 7) is 5.91. The minimum atomic E-state index is -0.345. The summed E-state index contributed by atoms with van der Waals surface area (Å²) in [4.78, 5) is 28.1. The van der Waals surface area contributed by atoms with Crippen molar-refractivity contribution in [2.75, 3.05) is 10.2 Å². The summed E-state index contributed by atoms with van der Waals surface area (Å²) >= 11 is 0. The monoisotopic (exact) mass is 382 g/mol. The average molecular weight is 382 g/mol. The lowest BCUT2D eigenvalue weighted by molar-refractivity contribution is -0.120. The molecule has 29 heavy (non-hydrogen) atoms. The van der Waals surface area contributed by atoms with Crippen molar-refractivity contribution in [1.82, 2.24) is 0 Å². The molecule has 4 rings (SSSR count). The SMILES string of the molecule is Cc1cc(C)cc(NC2=C(c3ccccc3)C(=O)N(c3ccccc3C)C2=O)c1. The average Bonchev–Trinajstić information content (AvgIpc) is 2.92. The van der Waals surface area contributed by atoms with Crippen LogP contribution in [0.3, 0.4) is 0 Å². The molecular weight excluding hydrogens is 360 g/mol. The maximum Gasteiger partial charge on any atom is 0.282 e. The van der Waals surface area contributed by atoms with Crippen LogP contribution in [0.5, 0.6) is 0 Å². The van der Waals surface area contributed by atoms with Gasteiger partial charge in [0.1, 0.15) is 5.70 Å². The lowest BCUT2D eigenvalue weighted by Gasteiger charge is -2.17. The molecule has 0 aromatic heterocycles. The number of hydrogen-bond acceptors (Lipinski definition) is 3. The zero-order valence-electron chi connectivity index (χ0n) is 16.7. The molecule has 4 heteroatoms. The van der Waals surface area contributed by atoms with E-state index in [-0.39, 0.29) is 11.8 Å². The summed E-state index contributed by atoms with van der Waals surface area (Å²) in [5, 5.41) is 3.24. The van der Waals surface area contributed by atoms with Gasteiger partial charge in [0.2, 0.25) is 0 Å². The lowest BCUT2D eigenvalue weighted by atomic mass is 10.0. The summed E-state index contributed by atoms with van der Waals surface area (Å²) in [6.07, 6.45) is 0. The largest absolute Gasteiger partial charge is 0.350 e. The fourth-order valence-electron chi connectivity index (χ4n) is 3.74. The molecule has 0 spiro atoms. The van der Waals surface area contributed by atoms with E-state index in [1.165, 1.54) is 4.90 Å². The molecule has 0 saturated heterocycles. The van der Waals surface area contributed by atoms with E-state index in [2.05, 4.69) is 11.4 Å². The van der Waals surface area contributed by atoms with Gasteiger partial charge in [-0.05, 0) is 61.2 Å². The molecule has 144 valence electrons. The molecule has 1 N–H and O–H groups in total. The molecule has 0 atom stereocenters. The number of anilines is 2. The number of rotatable bonds is 4. The number of nitrogens with one attached hydrogen (secondary N) is 1. The molecule has 0 fully saturated rings. The first-order valence-corrected chi connectivity index (χ1v) is 9.55. The van der Waals surface area contributed by atoms with E-state index >= 15 is 0 Å². The molecule has 3 aromatic carbocycles. The fourth-order valence-corrected chi connectivity index (χ4v) is 3.74. The van der Waals surface area contributed by atoms with Crippen LogP contribution >= 0.6 is 0 Å². The molecule has 1 aliphatic heterocycles. The third-order valence-electron chi connectivity index (χ3n) is 4.99. The topological polar surface area (TPSA) is 49.4 Å². The quantitative estimate of drug-likeness (QED) is 0.646. The molecule has 2 amide bonds. The predicted octanol–water partition coefficient (Wildman–Crippen LogP) is 5.01. The van der Waals surface area contributed by atoms with E-state index in [0.29, 0.717) is 22.5 Å². The first kappa shape index (κ1) is 18.7. The Bertz CT molecular complexity index is 1130. The van der Waals surface area contributed by atoms with E-state index in [0.717, 1.165) is 22.4 Å². The van der Waals surface area contributed by atoms with E-state index in [1.807, 2.05) is 81.4 Å². The maximum atomic E-state index is 13.4. The van der Waals surface area contributed by atoms with Gasteiger partial charge < -0.3 is 5.32 Å². The first-order chi connectivity index (χ1) is 14.0. The summed E-state index contributed by atoms with van der Waals surface area (Å²) in [7, 11) is 0. The third-order valence-corrected chi connectivity index (χ3v) is 4.99. The Morgan fingerprint density at radius 2 is 1.34 bits per heavy atom. The highest BCUT2D eigenvalue weighted by Crippen LogP contribution is 2.35. The number of carbonyl (C=O) groups excluding carboxylic acids is 2. The van der Waals surface area contributed by atoms with Crippen LogP contribution in [-0.4, -0.2) is 11.8 Å². The van der Waals surface area contributed by atoms with Gasteiger partial charge >= 0.3 is 0 Å². The second kappa shape index (κ2) is 7.40. The second-order valence-corrected chi connectivity index (χ2v) is 7.35. The van der Waals surface area contributed by atoms with Crippen LogP contribution in [0.1, 0.15) is 22.3 Å². The van der Waals surface area contributed by atoms with Crippen LogP contribution in [0.25, 0.3) is 5.57 Å². The van der Waals surface area contributed by atoms with E-state index in [9.17, 15) is 9.59 Å². The van der Waals surface area contributed by atoms with Gasteiger partial charge in [0.15, 0.2) is 0 Å². The summed E-state index contributed by atoms with van der Waals surface area (Å²) < 4.78 is 0. The number of benzene rings is 3. The van der Waals surface area contributed by atoms with Gasteiger partial charge in [-0.15, -0.1) is 0 Å². The minimum Gasteiger partial charge on any atom is -0.350 e. The second-order valence-electron chi connectivity index (χ2n) is 7.35. The van der Waals surface area contributed by atoms with Crippen molar-refractivity contribution in [3.63, 3.8) is 0 Å². The molecule has 0 unspecified atom stereocenters. The highest BCUT2D eigenvalue weighted by molar-refractivity contribution is 6.46. The first-order valence-electron chi connectivity index (χ1n) is 9.55. The van der Waals surface area contributed by atoms with Crippen LogP contribution in [0, 0.1) is 20.8 Å². The van der Waals surface area contributed by atoms with Gasteiger partial charge in [-0.1, -0.05) is 54.6 Å². The molecule has 3 aromatic rings. The Labute approximate surface area is 170 Å². The van der Waals surface area contributed by atoms with Crippen molar-refractivity contribution in [1.29, 1.82) is 0 Å². The number of aryl methyl sites for hydroxylation is 3. The van der Waals surface area contributed by atoms with E-state index in [4.69, 9.17) is 0 Å². The smallest absolute Gasteiger partial charge is 0.282 e. The molecule has 0 radical (unpaired) electrons. The van der Waals surface area contributed by atoms with Gasteiger partial charge in [0.25, 0.3) is 11.8 Å². The van der Waals surface area contributed by atoms with Crippen molar-refractivity contribution in [3.8, 4) is 0 Å². The van der Waals surface area contributed by atoms with Crippen LogP contribution in [0.4, 0.5) is 11.4 Å². The van der Waals surface area contributed by atoms with Crippen molar-refractivity contribution in [3.05, 3.63) is 101 Å². The number of carbonyl (C=O) groups is 2. The van der Waals surface area contributed by atoms with Crippen LogP contribution in [0.15, 0.2) is 78.5 Å². The maximum absolute atomic E-state index is 13.4. The Kier molecular flexibility index (Phi) is 4.77. The van der Waals surface area contributed by atoms with Gasteiger partial charge in [-0.3, -0.25) is 9.59 Å². The summed E-state index contributed by atoms with van der Waals surface area (Å²) in [6, 6.07) is 22.8. The normalized spacial score (nSPS) is 14.0. The van der Waals surface area contributed by atoms with Crippen molar-refractivity contribution in [2.24, 2.45) is 0 Å². The summed E-state index contributed by atoms with van der Waals surface area (Å²) in [5.74, 6) is -0.662. The third kappa shape index (κ3) is 3.45. The van der Waals surface area contributed by atoms with Gasteiger partial charge in [0, 0.05) is 5.69 Å². The lowest BCUT2D eigenvalue weighted by Crippen LogP contribution is -2.33. The number of hydrogen-bond donors (Lipinski definition) is 1. The highest BCUT2D eigenvalue weighted by Gasteiger charge is 2.40. The Balaban J connectivity index is 1.85. The number of imide groups is 1. The number of nitrogens with zero attached hydrogens (tertiary/aromatic N) is 1. The molecule has 1 heterocycles. The molecular formula is C25H22N2O2. The van der Waals surface area contributed by atoms with Crippen molar-refractivity contribution in [2.45, 2.75) is 20.8 Å². The van der Waals surface area contributed by atoms with Crippen LogP contribution in [0.2, 0.25) is 0 Å². The molecule has 0 bridgehead atoms. The standard InChI is InChI=1S/C25H22N2O2/c1-16-13-17(2)15-20(14-16)26-23-22(19-10-5-4-6-11-19)24(28)27(25(23)29)21-12-8-7-9-18(21)3/h4-15,26H,1-3H3. The Morgan fingerprint density at radius 3 is 2.00 bits per heavy atom. The van der Waals surface area contributed by atoms with Gasteiger partial charge in [-0.2, -0.15) is 0 Å². The highest BCUT2D eigenvalue weighted by atomic mass is 16.2. The van der Waals surface area contributed by atoms with Gasteiger partial charge in [0.05, 0.1) is 11.3 Å². The van der Waals surface area contributed by atoms with Crippen LogP contribution in [-0.2, 0) is 9.59 Å². The molecule has 1 aliphatic rings. The van der Waals surface area contributed by atoms with Gasteiger partial charge in [-0.25, -0.2) is 4.90 Å². The summed E-state index contributed by atoms with van der Waals surface area (Å²) in [5.41, 5.74) is 5.84. The van der Waals surface area contributed by atoms with Crippen molar-refractivity contribution >= 4 is 28.8 Å². The number of para-hydroxylation sites is 1. The molecule has 0 saturated carbocycles. The fraction of sp³-hybridized carbons (Fsp3) is 0.120. The zero-order valence-corrected chi connectivity index (χ0v) is 16.7. The van der Waals surface area contributed by atoms with Crippen LogP contribution < -0.4 is 10.2 Å². The molecule has 4 nitrogen and oxygen atoms in total. The number of amides is 2. The Hall–Kier alpha value is -3.66. The minimum absolute atomic E-state index is 0.300.